The Labute approximate surface area is 156 Å². The molecule has 0 spiro atoms. The number of nitrogens with zero attached hydrogens (tertiary/aromatic N) is 4. The van der Waals surface area contributed by atoms with Crippen LogP contribution in [0, 0.1) is 6.92 Å². The number of carbonyl (C=O) groups is 1. The van der Waals surface area contributed by atoms with E-state index in [4.69, 9.17) is 4.42 Å². The Morgan fingerprint density at radius 1 is 1.22 bits per heavy atom. The van der Waals surface area contributed by atoms with Crippen molar-refractivity contribution < 1.29 is 17.6 Å². The van der Waals surface area contributed by atoms with E-state index in [0.717, 1.165) is 5.69 Å². The van der Waals surface area contributed by atoms with Gasteiger partial charge in [0.1, 0.15) is 5.69 Å². The minimum absolute atomic E-state index is 0.0224. The Morgan fingerprint density at radius 2 is 1.96 bits per heavy atom. The van der Waals surface area contributed by atoms with E-state index in [1.54, 1.807) is 36.0 Å². The summed E-state index contributed by atoms with van der Waals surface area (Å²) in [6.45, 7) is 1.84. The zero-order valence-corrected chi connectivity index (χ0v) is 15.7. The summed E-state index contributed by atoms with van der Waals surface area (Å²) in [7, 11) is -1.66. The molecule has 0 aliphatic heterocycles. The summed E-state index contributed by atoms with van der Waals surface area (Å²) in [5.74, 6) is -0.275. The lowest BCUT2D eigenvalue weighted by Crippen LogP contribution is -2.14. The Kier molecular flexibility index (Phi) is 5.36. The van der Waals surface area contributed by atoms with Gasteiger partial charge in [0.05, 0.1) is 16.3 Å². The molecule has 0 atom stereocenters. The summed E-state index contributed by atoms with van der Waals surface area (Å²) in [6, 6.07) is 9.89. The van der Waals surface area contributed by atoms with Crippen LogP contribution in [-0.4, -0.2) is 40.1 Å². The zero-order chi connectivity index (χ0) is 19.4. The highest BCUT2D eigenvalue weighted by Gasteiger charge is 2.17. The molecule has 1 N–H and O–H groups in total. The minimum atomic E-state index is -3.40. The van der Waals surface area contributed by atoms with Crippen LogP contribution in [-0.2, 0) is 21.7 Å². The van der Waals surface area contributed by atoms with Gasteiger partial charge in [0.25, 0.3) is 5.89 Å². The average molecular weight is 389 g/mol. The topological polar surface area (TPSA) is 120 Å². The third kappa shape index (κ3) is 4.59. The monoisotopic (exact) mass is 389 g/mol. The van der Waals surface area contributed by atoms with Gasteiger partial charge in [0, 0.05) is 13.5 Å². The maximum Gasteiger partial charge on any atom is 0.322 e. The zero-order valence-electron chi connectivity index (χ0n) is 14.9. The molecular weight excluding hydrogens is 370 g/mol. The van der Waals surface area contributed by atoms with Gasteiger partial charge in [-0.15, -0.1) is 5.10 Å². The number of amides is 1. The van der Waals surface area contributed by atoms with Crippen LogP contribution in [0.25, 0.3) is 11.6 Å². The van der Waals surface area contributed by atoms with Crippen molar-refractivity contribution in [3.8, 4) is 11.6 Å². The second kappa shape index (κ2) is 7.70. The van der Waals surface area contributed by atoms with Gasteiger partial charge in [-0.1, -0.05) is 23.3 Å². The first-order valence-electron chi connectivity index (χ1n) is 8.27. The largest absolute Gasteiger partial charge is 0.401 e. The molecule has 1 amide bonds. The van der Waals surface area contributed by atoms with Crippen LogP contribution >= 0.6 is 0 Å². The number of sulfone groups is 1. The molecular formula is C17H19N5O4S. The lowest BCUT2D eigenvalue weighted by atomic mass is 10.3. The molecule has 27 heavy (non-hydrogen) atoms. The fraction of sp³-hybridized carbons (Fsp3) is 0.294. The van der Waals surface area contributed by atoms with Crippen LogP contribution in [0.5, 0.6) is 0 Å². The molecule has 9 nitrogen and oxygen atoms in total. The fourth-order valence-corrected chi connectivity index (χ4v) is 3.87. The molecule has 10 heteroatoms. The van der Waals surface area contributed by atoms with Crippen LogP contribution < -0.4 is 5.32 Å². The second-order valence-electron chi connectivity index (χ2n) is 5.99. The molecule has 1 aromatic carbocycles. The van der Waals surface area contributed by atoms with Crippen LogP contribution in [0.3, 0.4) is 0 Å². The summed E-state index contributed by atoms with van der Waals surface area (Å²) in [4.78, 5) is 12.2. The van der Waals surface area contributed by atoms with Crippen LogP contribution in [0.15, 0.2) is 45.7 Å². The summed E-state index contributed by atoms with van der Waals surface area (Å²) < 4.78 is 31.4. The van der Waals surface area contributed by atoms with E-state index in [1.807, 2.05) is 6.92 Å². The highest BCUT2D eigenvalue weighted by atomic mass is 32.2. The maximum absolute atomic E-state index is 12.2. The molecule has 0 radical (unpaired) electrons. The van der Waals surface area contributed by atoms with Gasteiger partial charge >= 0.3 is 6.01 Å². The number of hydrogen-bond acceptors (Lipinski definition) is 7. The third-order valence-corrected chi connectivity index (χ3v) is 5.63. The van der Waals surface area contributed by atoms with Gasteiger partial charge in [0.15, 0.2) is 9.84 Å². The maximum atomic E-state index is 12.2. The van der Waals surface area contributed by atoms with Crippen molar-refractivity contribution in [2.45, 2.75) is 24.7 Å². The first-order chi connectivity index (χ1) is 12.8. The molecule has 0 unspecified atom stereocenters. The van der Waals surface area contributed by atoms with E-state index in [-0.39, 0.29) is 35.4 Å². The van der Waals surface area contributed by atoms with Gasteiger partial charge in [-0.3, -0.25) is 14.8 Å². The van der Waals surface area contributed by atoms with E-state index in [1.165, 1.54) is 12.1 Å². The molecule has 3 rings (SSSR count). The van der Waals surface area contributed by atoms with Crippen molar-refractivity contribution in [1.82, 2.24) is 20.0 Å². The van der Waals surface area contributed by atoms with E-state index < -0.39 is 15.7 Å². The Bertz CT molecular complexity index is 1040. The van der Waals surface area contributed by atoms with Crippen molar-refractivity contribution in [2.75, 3.05) is 11.1 Å². The smallest absolute Gasteiger partial charge is 0.322 e. The number of rotatable bonds is 7. The molecule has 2 heterocycles. The number of aryl methyl sites for hydroxylation is 2. The summed E-state index contributed by atoms with van der Waals surface area (Å²) in [5.41, 5.74) is 1.44. The number of aromatic nitrogens is 4. The second-order valence-corrected chi connectivity index (χ2v) is 8.10. The van der Waals surface area contributed by atoms with Crippen molar-refractivity contribution in [2.24, 2.45) is 7.05 Å². The van der Waals surface area contributed by atoms with Gasteiger partial charge < -0.3 is 4.42 Å². The van der Waals surface area contributed by atoms with Crippen LogP contribution in [0.4, 0.5) is 6.01 Å². The predicted molar refractivity (Wildman–Crippen MR) is 97.6 cm³/mol. The summed E-state index contributed by atoms with van der Waals surface area (Å²) >= 11 is 0. The lowest BCUT2D eigenvalue weighted by molar-refractivity contribution is -0.116. The van der Waals surface area contributed by atoms with Gasteiger partial charge in [-0.2, -0.15) is 5.10 Å². The molecule has 0 saturated heterocycles. The number of hydrogen-bond donors (Lipinski definition) is 1. The van der Waals surface area contributed by atoms with E-state index in [9.17, 15) is 13.2 Å². The highest BCUT2D eigenvalue weighted by Crippen LogP contribution is 2.20. The number of benzene rings is 1. The van der Waals surface area contributed by atoms with E-state index in [2.05, 4.69) is 20.6 Å². The van der Waals surface area contributed by atoms with E-state index in [0.29, 0.717) is 5.69 Å². The molecule has 0 saturated carbocycles. The molecule has 2 aromatic heterocycles. The molecule has 0 aliphatic rings. The number of carbonyl (C=O) groups excluding carboxylic acids is 1. The summed E-state index contributed by atoms with van der Waals surface area (Å²) in [5, 5.41) is 14.3. The van der Waals surface area contributed by atoms with Crippen molar-refractivity contribution in [3.63, 3.8) is 0 Å². The van der Waals surface area contributed by atoms with Crippen molar-refractivity contribution >= 4 is 21.8 Å². The number of anilines is 1. The normalized spacial score (nSPS) is 11.5. The van der Waals surface area contributed by atoms with Crippen molar-refractivity contribution in [3.05, 3.63) is 42.1 Å². The highest BCUT2D eigenvalue weighted by molar-refractivity contribution is 7.91. The Balaban J connectivity index is 1.54. The lowest BCUT2D eigenvalue weighted by Gasteiger charge is -2.04. The number of nitrogens with one attached hydrogen (secondary N) is 1. The third-order valence-electron chi connectivity index (χ3n) is 3.81. The molecule has 0 fully saturated rings. The van der Waals surface area contributed by atoms with Crippen LogP contribution in [0.1, 0.15) is 18.5 Å². The van der Waals surface area contributed by atoms with Gasteiger partial charge in [-0.05, 0) is 31.5 Å². The predicted octanol–water partition coefficient (Wildman–Crippen LogP) is 1.97. The minimum Gasteiger partial charge on any atom is -0.401 e. The van der Waals surface area contributed by atoms with Gasteiger partial charge in [-0.25, -0.2) is 8.42 Å². The fourth-order valence-electron chi connectivity index (χ4n) is 2.54. The molecule has 142 valence electrons. The van der Waals surface area contributed by atoms with Crippen molar-refractivity contribution in [1.29, 1.82) is 0 Å². The average Bonchev–Trinajstić information content (AvgIpc) is 3.21. The Hall–Kier alpha value is -3.01. The summed E-state index contributed by atoms with van der Waals surface area (Å²) in [6.07, 6.45) is 0.208. The molecule has 0 bridgehead atoms. The quantitative estimate of drug-likeness (QED) is 0.656. The van der Waals surface area contributed by atoms with E-state index >= 15 is 0 Å². The first-order valence-corrected chi connectivity index (χ1v) is 9.92. The SMILES string of the molecule is Cc1cc(-c2nnc(NC(=O)CCCS(=O)(=O)c3ccccc3)o2)n(C)n1. The molecule has 0 aliphatic carbocycles. The standard InChI is InChI=1S/C17H19N5O4S/c1-12-11-14(22(2)21-12)16-19-20-17(26-16)18-15(23)9-6-10-27(24,25)13-7-4-3-5-8-13/h3-5,7-8,11H,6,9-10H2,1-2H3,(H,18,20,23). The molecule has 3 aromatic rings. The first kappa shape index (κ1) is 18.8. The van der Waals surface area contributed by atoms with Gasteiger partial charge in [0.2, 0.25) is 5.91 Å². The Morgan fingerprint density at radius 3 is 2.63 bits per heavy atom. The van der Waals surface area contributed by atoms with Crippen LogP contribution in [0.2, 0.25) is 0 Å².